The first kappa shape index (κ1) is 18.8. The predicted octanol–water partition coefficient (Wildman–Crippen LogP) is 3.24. The normalized spacial score (nSPS) is 10.2. The van der Waals surface area contributed by atoms with Crippen molar-refractivity contribution in [2.24, 2.45) is 0 Å². The SMILES string of the molecule is N#Cc1cccc(C(=O)NNC(=O)c2cc(-c3ccccn3)nc3ccccc23)c1. The molecule has 7 nitrogen and oxygen atoms in total. The number of amides is 2. The van der Waals surface area contributed by atoms with Gasteiger partial charge in [-0.15, -0.1) is 0 Å². The molecule has 0 unspecified atom stereocenters. The lowest BCUT2D eigenvalue weighted by Gasteiger charge is -2.11. The number of nitrogens with zero attached hydrogens (tertiary/aromatic N) is 3. The van der Waals surface area contributed by atoms with Gasteiger partial charge in [0, 0.05) is 17.1 Å². The summed E-state index contributed by atoms with van der Waals surface area (Å²) in [6.45, 7) is 0. The Morgan fingerprint density at radius 2 is 1.63 bits per heavy atom. The van der Waals surface area contributed by atoms with Gasteiger partial charge in [0.05, 0.1) is 34.1 Å². The Bertz CT molecular complexity index is 1300. The molecule has 0 spiro atoms. The van der Waals surface area contributed by atoms with Gasteiger partial charge in [0.15, 0.2) is 0 Å². The molecule has 144 valence electrons. The molecule has 0 aliphatic carbocycles. The Kier molecular flexibility index (Phi) is 5.14. The van der Waals surface area contributed by atoms with Crippen molar-refractivity contribution in [3.63, 3.8) is 0 Å². The van der Waals surface area contributed by atoms with Gasteiger partial charge in [-0.3, -0.25) is 25.4 Å². The van der Waals surface area contributed by atoms with Crippen LogP contribution in [0.4, 0.5) is 0 Å². The molecule has 0 fully saturated rings. The molecule has 0 saturated heterocycles. The van der Waals surface area contributed by atoms with E-state index in [2.05, 4.69) is 20.8 Å². The molecule has 0 bridgehead atoms. The van der Waals surface area contributed by atoms with Crippen LogP contribution in [0.3, 0.4) is 0 Å². The minimum Gasteiger partial charge on any atom is -0.267 e. The third kappa shape index (κ3) is 3.84. The molecule has 2 N–H and O–H groups in total. The summed E-state index contributed by atoms with van der Waals surface area (Å²) in [5, 5.41) is 9.62. The van der Waals surface area contributed by atoms with E-state index in [0.29, 0.717) is 33.4 Å². The highest BCUT2D eigenvalue weighted by Crippen LogP contribution is 2.23. The van der Waals surface area contributed by atoms with Gasteiger partial charge in [0.2, 0.25) is 0 Å². The lowest BCUT2D eigenvalue weighted by Crippen LogP contribution is -2.41. The average molecular weight is 393 g/mol. The summed E-state index contributed by atoms with van der Waals surface area (Å²) in [4.78, 5) is 34.1. The number of carbonyl (C=O) groups excluding carboxylic acids is 2. The summed E-state index contributed by atoms with van der Waals surface area (Å²) in [6.07, 6.45) is 1.65. The van der Waals surface area contributed by atoms with E-state index in [1.807, 2.05) is 36.4 Å². The van der Waals surface area contributed by atoms with Crippen LogP contribution in [0.1, 0.15) is 26.3 Å². The van der Waals surface area contributed by atoms with Crippen molar-refractivity contribution in [2.75, 3.05) is 0 Å². The maximum absolute atomic E-state index is 12.9. The first-order chi connectivity index (χ1) is 14.7. The monoisotopic (exact) mass is 393 g/mol. The number of benzene rings is 2. The summed E-state index contributed by atoms with van der Waals surface area (Å²) in [6, 6.07) is 22.5. The van der Waals surface area contributed by atoms with Crippen LogP contribution in [0, 0.1) is 11.3 Å². The lowest BCUT2D eigenvalue weighted by molar-refractivity contribution is 0.0847. The Morgan fingerprint density at radius 1 is 0.833 bits per heavy atom. The maximum Gasteiger partial charge on any atom is 0.270 e. The van der Waals surface area contributed by atoms with Crippen LogP contribution in [0.5, 0.6) is 0 Å². The van der Waals surface area contributed by atoms with Crippen LogP contribution in [0.25, 0.3) is 22.3 Å². The molecule has 2 aromatic carbocycles. The fraction of sp³-hybridized carbons (Fsp3) is 0. The molecule has 7 heteroatoms. The zero-order valence-electron chi connectivity index (χ0n) is 15.7. The highest BCUT2D eigenvalue weighted by molar-refractivity contribution is 6.08. The van der Waals surface area contributed by atoms with Crippen molar-refractivity contribution in [3.05, 3.63) is 95.7 Å². The number of hydrazine groups is 1. The molecule has 4 aromatic rings. The number of fused-ring (bicyclic) bond motifs is 1. The number of nitrogens with one attached hydrogen (secondary N) is 2. The quantitative estimate of drug-likeness (QED) is 0.520. The zero-order chi connectivity index (χ0) is 20.9. The summed E-state index contributed by atoms with van der Waals surface area (Å²) < 4.78 is 0. The third-order valence-corrected chi connectivity index (χ3v) is 4.43. The minimum atomic E-state index is -0.524. The standard InChI is InChI=1S/C23H15N5O2/c24-14-15-6-5-7-16(12-15)22(29)27-28-23(30)18-13-21(20-10-3-4-11-25-20)26-19-9-2-1-8-17(18)19/h1-13H,(H,27,29)(H,28,30). The zero-order valence-corrected chi connectivity index (χ0v) is 15.7. The Balaban J connectivity index is 1.62. The summed E-state index contributed by atoms with van der Waals surface area (Å²) in [7, 11) is 0. The second-order valence-corrected chi connectivity index (χ2v) is 6.39. The van der Waals surface area contributed by atoms with Gasteiger partial charge in [-0.25, -0.2) is 4.98 Å². The lowest BCUT2D eigenvalue weighted by atomic mass is 10.1. The van der Waals surface area contributed by atoms with E-state index in [1.54, 1.807) is 42.6 Å². The molecule has 0 radical (unpaired) electrons. The van der Waals surface area contributed by atoms with Gasteiger partial charge >= 0.3 is 0 Å². The van der Waals surface area contributed by atoms with Crippen LogP contribution < -0.4 is 10.9 Å². The first-order valence-corrected chi connectivity index (χ1v) is 9.08. The Hall–Kier alpha value is -4.57. The van der Waals surface area contributed by atoms with Crippen LogP contribution in [0.2, 0.25) is 0 Å². The topological polar surface area (TPSA) is 108 Å². The molecular formula is C23H15N5O2. The maximum atomic E-state index is 12.9. The molecule has 0 atom stereocenters. The molecular weight excluding hydrogens is 378 g/mol. The largest absolute Gasteiger partial charge is 0.270 e. The fourth-order valence-corrected chi connectivity index (χ4v) is 2.99. The first-order valence-electron chi connectivity index (χ1n) is 9.08. The second kappa shape index (κ2) is 8.20. The summed E-state index contributed by atoms with van der Waals surface area (Å²) in [5.74, 6) is -1.01. The van der Waals surface area contributed by atoms with Crippen LogP contribution in [-0.2, 0) is 0 Å². The molecule has 2 amide bonds. The summed E-state index contributed by atoms with van der Waals surface area (Å²) >= 11 is 0. The highest BCUT2D eigenvalue weighted by Gasteiger charge is 2.15. The van der Waals surface area contributed by atoms with E-state index in [9.17, 15) is 9.59 Å². The van der Waals surface area contributed by atoms with E-state index in [-0.39, 0.29) is 5.56 Å². The van der Waals surface area contributed by atoms with Gasteiger partial charge in [-0.05, 0) is 42.5 Å². The second-order valence-electron chi connectivity index (χ2n) is 6.39. The van der Waals surface area contributed by atoms with Gasteiger partial charge in [0.25, 0.3) is 11.8 Å². The molecule has 4 rings (SSSR count). The molecule has 0 saturated carbocycles. The molecule has 2 heterocycles. The average Bonchev–Trinajstić information content (AvgIpc) is 2.82. The number of hydrogen-bond acceptors (Lipinski definition) is 5. The Labute approximate surface area is 172 Å². The van der Waals surface area contributed by atoms with Crippen molar-refractivity contribution >= 4 is 22.7 Å². The number of rotatable bonds is 3. The minimum absolute atomic E-state index is 0.267. The van der Waals surface area contributed by atoms with Crippen molar-refractivity contribution in [3.8, 4) is 17.5 Å². The number of pyridine rings is 2. The van der Waals surface area contributed by atoms with Gasteiger partial charge in [-0.1, -0.05) is 30.3 Å². The van der Waals surface area contributed by atoms with E-state index in [4.69, 9.17) is 5.26 Å². The van der Waals surface area contributed by atoms with E-state index < -0.39 is 11.8 Å². The summed E-state index contributed by atoms with van der Waals surface area (Å²) in [5.41, 5.74) is 7.62. The van der Waals surface area contributed by atoms with Crippen molar-refractivity contribution in [2.45, 2.75) is 0 Å². The highest BCUT2D eigenvalue weighted by atomic mass is 16.2. The van der Waals surface area contributed by atoms with Crippen molar-refractivity contribution in [1.82, 2.24) is 20.8 Å². The molecule has 0 aliphatic rings. The third-order valence-electron chi connectivity index (χ3n) is 4.43. The number of para-hydroxylation sites is 1. The van der Waals surface area contributed by atoms with E-state index in [1.165, 1.54) is 6.07 Å². The number of carbonyl (C=O) groups is 2. The molecule has 0 aliphatic heterocycles. The van der Waals surface area contributed by atoms with Crippen LogP contribution >= 0.6 is 0 Å². The van der Waals surface area contributed by atoms with E-state index >= 15 is 0 Å². The molecule has 30 heavy (non-hydrogen) atoms. The van der Waals surface area contributed by atoms with Crippen molar-refractivity contribution < 1.29 is 9.59 Å². The Morgan fingerprint density at radius 3 is 2.43 bits per heavy atom. The number of nitriles is 1. The number of aromatic nitrogens is 2. The fourth-order valence-electron chi connectivity index (χ4n) is 2.99. The van der Waals surface area contributed by atoms with Crippen LogP contribution in [-0.4, -0.2) is 21.8 Å². The number of hydrogen-bond donors (Lipinski definition) is 2. The van der Waals surface area contributed by atoms with Crippen LogP contribution in [0.15, 0.2) is 79.0 Å². The van der Waals surface area contributed by atoms with Gasteiger partial charge in [0.1, 0.15) is 0 Å². The molecule has 2 aromatic heterocycles. The van der Waals surface area contributed by atoms with Crippen molar-refractivity contribution in [1.29, 1.82) is 5.26 Å². The van der Waals surface area contributed by atoms with Gasteiger partial charge < -0.3 is 0 Å². The predicted molar refractivity (Wildman–Crippen MR) is 111 cm³/mol. The van der Waals surface area contributed by atoms with E-state index in [0.717, 1.165) is 0 Å². The van der Waals surface area contributed by atoms with Gasteiger partial charge in [-0.2, -0.15) is 5.26 Å². The smallest absolute Gasteiger partial charge is 0.267 e.